The number of fused-ring (bicyclic) bond motifs is 2. The minimum atomic E-state index is -0.126. The third-order valence-electron chi connectivity index (χ3n) is 5.96. The van der Waals surface area contributed by atoms with Crippen LogP contribution in [-0.2, 0) is 11.3 Å². The predicted octanol–water partition coefficient (Wildman–Crippen LogP) is 2.60. The number of nitrogens with zero attached hydrogens (tertiary/aromatic N) is 3. The van der Waals surface area contributed by atoms with E-state index in [0.29, 0.717) is 30.8 Å². The molecule has 0 atom stereocenters. The van der Waals surface area contributed by atoms with Crippen LogP contribution < -0.4 is 0 Å². The molecule has 1 aromatic heterocycles. The van der Waals surface area contributed by atoms with Crippen LogP contribution >= 0.6 is 0 Å². The molecule has 0 aliphatic carbocycles. The summed E-state index contributed by atoms with van der Waals surface area (Å²) >= 11 is 0. The van der Waals surface area contributed by atoms with Crippen molar-refractivity contribution in [2.24, 2.45) is 0 Å². The molecular formula is C22H20N4O3. The van der Waals surface area contributed by atoms with Crippen molar-refractivity contribution in [3.05, 3.63) is 59.8 Å². The monoisotopic (exact) mass is 388 g/mol. The summed E-state index contributed by atoms with van der Waals surface area (Å²) in [6.45, 7) is 6.84. The first kappa shape index (κ1) is 17.5. The average molecular weight is 388 g/mol. The number of carbonyl (C=O) groups is 2. The highest BCUT2D eigenvalue weighted by molar-refractivity contribution is 6.03. The van der Waals surface area contributed by atoms with Gasteiger partial charge in [-0.3, -0.25) is 14.7 Å². The van der Waals surface area contributed by atoms with Gasteiger partial charge in [-0.15, -0.1) is 0 Å². The highest BCUT2D eigenvalue weighted by Crippen LogP contribution is 2.39. The van der Waals surface area contributed by atoms with Gasteiger partial charge >= 0.3 is 0 Å². The Hall–Kier alpha value is -3.61. The molecule has 2 aliphatic rings. The van der Waals surface area contributed by atoms with Crippen LogP contribution in [0, 0.1) is 6.92 Å². The summed E-state index contributed by atoms with van der Waals surface area (Å²) in [6, 6.07) is 7.50. The van der Waals surface area contributed by atoms with Gasteiger partial charge in [0.1, 0.15) is 5.75 Å². The van der Waals surface area contributed by atoms with Crippen LogP contribution in [0.2, 0.25) is 0 Å². The lowest BCUT2D eigenvalue weighted by Crippen LogP contribution is -2.60. The number of aromatic amines is 1. The molecule has 2 aliphatic heterocycles. The molecule has 7 heteroatoms. The number of H-pyrrole nitrogens is 1. The highest BCUT2D eigenvalue weighted by atomic mass is 16.3. The quantitative estimate of drug-likeness (QED) is 0.675. The summed E-state index contributed by atoms with van der Waals surface area (Å²) in [7, 11) is 0. The summed E-state index contributed by atoms with van der Waals surface area (Å²) in [4.78, 5) is 28.2. The molecule has 146 valence electrons. The maximum Gasteiger partial charge on any atom is 0.255 e. The Kier molecular flexibility index (Phi) is 3.74. The second-order valence-electron chi connectivity index (χ2n) is 7.64. The number of phenolic OH excluding ortho intramolecular Hbond substituents is 1. The number of rotatable bonds is 3. The number of benzene rings is 2. The molecule has 0 spiro atoms. The van der Waals surface area contributed by atoms with Gasteiger partial charge in [-0.25, -0.2) is 0 Å². The van der Waals surface area contributed by atoms with Gasteiger partial charge in [0, 0.05) is 29.6 Å². The minimum Gasteiger partial charge on any atom is -0.508 e. The second kappa shape index (κ2) is 6.20. The van der Waals surface area contributed by atoms with Gasteiger partial charge in [-0.2, -0.15) is 5.10 Å². The lowest BCUT2D eigenvalue weighted by Gasteiger charge is -2.43. The van der Waals surface area contributed by atoms with E-state index in [2.05, 4.69) is 16.8 Å². The van der Waals surface area contributed by atoms with Crippen molar-refractivity contribution in [2.45, 2.75) is 19.5 Å². The second-order valence-corrected chi connectivity index (χ2v) is 7.64. The predicted molar refractivity (Wildman–Crippen MR) is 108 cm³/mol. The van der Waals surface area contributed by atoms with Crippen molar-refractivity contribution in [2.75, 3.05) is 13.1 Å². The van der Waals surface area contributed by atoms with Gasteiger partial charge in [0.2, 0.25) is 5.91 Å². The molecule has 2 N–H and O–H groups in total. The Morgan fingerprint density at radius 3 is 2.90 bits per heavy atom. The maximum absolute atomic E-state index is 13.1. The summed E-state index contributed by atoms with van der Waals surface area (Å²) in [5, 5.41) is 18.7. The zero-order chi connectivity index (χ0) is 20.3. The summed E-state index contributed by atoms with van der Waals surface area (Å²) in [5.74, 6) is -0.115. The van der Waals surface area contributed by atoms with E-state index in [4.69, 9.17) is 0 Å². The van der Waals surface area contributed by atoms with Gasteiger partial charge in [-0.05, 0) is 47.9 Å². The van der Waals surface area contributed by atoms with Crippen molar-refractivity contribution in [3.63, 3.8) is 0 Å². The van der Waals surface area contributed by atoms with Crippen molar-refractivity contribution >= 4 is 22.7 Å². The van der Waals surface area contributed by atoms with Crippen LogP contribution in [0.25, 0.3) is 22.0 Å². The largest absolute Gasteiger partial charge is 0.508 e. The molecule has 29 heavy (non-hydrogen) atoms. The topological polar surface area (TPSA) is 89.5 Å². The molecule has 7 nitrogen and oxygen atoms in total. The van der Waals surface area contributed by atoms with E-state index in [9.17, 15) is 14.7 Å². The fourth-order valence-electron chi connectivity index (χ4n) is 4.32. The van der Waals surface area contributed by atoms with Gasteiger partial charge in [0.05, 0.1) is 24.3 Å². The van der Waals surface area contributed by atoms with Crippen LogP contribution in [0.15, 0.2) is 43.1 Å². The summed E-state index contributed by atoms with van der Waals surface area (Å²) in [5.41, 5.74) is 4.85. The molecule has 1 fully saturated rings. The third-order valence-corrected chi connectivity index (χ3v) is 5.96. The number of aryl methyl sites for hydroxylation is 1. The number of phenols is 1. The van der Waals surface area contributed by atoms with Crippen LogP contribution in [-0.4, -0.2) is 56.0 Å². The Balaban J connectivity index is 1.50. The van der Waals surface area contributed by atoms with Crippen LogP contribution in [0.5, 0.6) is 5.75 Å². The average Bonchev–Trinajstić information content (AvgIpc) is 3.26. The zero-order valence-electron chi connectivity index (χ0n) is 16.0. The van der Waals surface area contributed by atoms with Crippen molar-refractivity contribution in [1.29, 1.82) is 0 Å². The Labute approximate surface area is 167 Å². The summed E-state index contributed by atoms with van der Waals surface area (Å²) < 4.78 is 0. The third kappa shape index (κ3) is 2.54. The molecule has 0 unspecified atom stereocenters. The van der Waals surface area contributed by atoms with Gasteiger partial charge in [0.15, 0.2) is 0 Å². The van der Waals surface area contributed by atoms with Crippen molar-refractivity contribution in [1.82, 2.24) is 20.0 Å². The molecular weight excluding hydrogens is 368 g/mol. The molecule has 2 aromatic carbocycles. The number of carbonyl (C=O) groups excluding carboxylic acids is 2. The zero-order valence-corrected chi connectivity index (χ0v) is 16.0. The Morgan fingerprint density at radius 2 is 2.14 bits per heavy atom. The number of aromatic hydroxyl groups is 1. The number of amides is 2. The van der Waals surface area contributed by atoms with Crippen LogP contribution in [0.3, 0.4) is 0 Å². The van der Waals surface area contributed by atoms with E-state index in [-0.39, 0.29) is 23.6 Å². The van der Waals surface area contributed by atoms with E-state index in [1.807, 2.05) is 25.1 Å². The first-order valence-electron chi connectivity index (χ1n) is 9.49. The van der Waals surface area contributed by atoms with Crippen molar-refractivity contribution in [3.8, 4) is 16.9 Å². The van der Waals surface area contributed by atoms with Gasteiger partial charge in [-0.1, -0.05) is 12.6 Å². The fourth-order valence-corrected chi connectivity index (χ4v) is 4.32. The molecule has 0 radical (unpaired) electrons. The van der Waals surface area contributed by atoms with Gasteiger partial charge in [0.25, 0.3) is 5.91 Å². The normalized spacial score (nSPS) is 16.2. The fraction of sp³-hybridized carbons (Fsp3) is 0.227. The molecule has 1 saturated heterocycles. The number of hydrogen-bond donors (Lipinski definition) is 2. The van der Waals surface area contributed by atoms with Gasteiger partial charge < -0.3 is 14.9 Å². The number of hydrogen-bond acceptors (Lipinski definition) is 4. The van der Waals surface area contributed by atoms with Crippen LogP contribution in [0.4, 0.5) is 0 Å². The summed E-state index contributed by atoms with van der Waals surface area (Å²) in [6.07, 6.45) is 3.04. The van der Waals surface area contributed by atoms with Crippen LogP contribution in [0.1, 0.15) is 21.5 Å². The lowest BCUT2D eigenvalue weighted by atomic mass is 9.94. The number of likely N-dealkylation sites (tertiary alicyclic amines) is 1. The molecule has 0 saturated carbocycles. The van der Waals surface area contributed by atoms with E-state index in [1.54, 1.807) is 22.1 Å². The Morgan fingerprint density at radius 1 is 1.34 bits per heavy atom. The first-order valence-corrected chi connectivity index (χ1v) is 9.49. The number of nitrogens with one attached hydrogen (secondary N) is 1. The number of aromatic nitrogens is 2. The smallest absolute Gasteiger partial charge is 0.255 e. The molecule has 2 amide bonds. The molecule has 0 bridgehead atoms. The van der Waals surface area contributed by atoms with Crippen molar-refractivity contribution < 1.29 is 14.7 Å². The van der Waals surface area contributed by atoms with E-state index >= 15 is 0 Å². The molecule has 5 rings (SSSR count). The Bertz CT molecular complexity index is 1190. The maximum atomic E-state index is 13.1. The first-order chi connectivity index (χ1) is 14.0. The minimum absolute atomic E-state index is 0.0410. The van der Waals surface area contributed by atoms with E-state index in [1.165, 1.54) is 6.08 Å². The molecule has 3 heterocycles. The standard InChI is InChI=1S/C22H20N4O3/c1-3-20(28)25-9-14(10-25)26-11-17-15(22(26)29)6-13(7-19(17)27)21-12(2)4-5-18-16(21)8-23-24-18/h3-8,14,27H,1,9-11H2,2H3,(H,23,24). The van der Waals surface area contributed by atoms with E-state index < -0.39 is 0 Å². The molecule has 3 aromatic rings. The lowest BCUT2D eigenvalue weighted by molar-refractivity contribution is -0.132. The SMILES string of the molecule is C=CC(=O)N1CC(N2Cc3c(O)cc(-c4c(C)ccc5[nH]ncc45)cc3C2=O)C1. The van der Waals surface area contributed by atoms with E-state index in [0.717, 1.165) is 27.6 Å². The highest BCUT2D eigenvalue weighted by Gasteiger charge is 2.41.